The second-order valence-corrected chi connectivity index (χ2v) is 3.01. The molecule has 15 heavy (non-hydrogen) atoms. The Hall–Kier alpha value is -1.11. The minimum Gasteiger partial charge on any atom is -0.387 e. The number of halogens is 3. The lowest BCUT2D eigenvalue weighted by molar-refractivity contribution is -0.139. The summed E-state index contributed by atoms with van der Waals surface area (Å²) in [4.78, 5) is 0. The number of hydrogen-bond donors (Lipinski definition) is 3. The van der Waals surface area contributed by atoms with E-state index in [-0.39, 0.29) is 12.1 Å². The van der Waals surface area contributed by atoms with Gasteiger partial charge in [-0.25, -0.2) is 0 Å². The number of benzene rings is 1. The number of alkyl halides is 3. The molecule has 0 aromatic heterocycles. The van der Waals surface area contributed by atoms with Crippen LogP contribution < -0.4 is 11.3 Å². The van der Waals surface area contributed by atoms with Crippen LogP contribution in [0.4, 0.5) is 13.2 Å². The van der Waals surface area contributed by atoms with Gasteiger partial charge < -0.3 is 5.11 Å². The lowest BCUT2D eigenvalue weighted by atomic mass is 10.0. The van der Waals surface area contributed by atoms with E-state index < -0.39 is 17.8 Å². The summed E-state index contributed by atoms with van der Waals surface area (Å²) >= 11 is 0. The standard InChI is InChI=1S/C9H11F3N2O/c10-9(11,12)7-4-2-1-3-6(7)8(15)5-14-13/h1-4,8,14-15H,5,13H2. The van der Waals surface area contributed by atoms with Gasteiger partial charge in [0.15, 0.2) is 0 Å². The summed E-state index contributed by atoms with van der Waals surface area (Å²) in [7, 11) is 0. The number of hydrogen-bond acceptors (Lipinski definition) is 3. The molecule has 0 amide bonds. The fourth-order valence-corrected chi connectivity index (χ4v) is 1.27. The molecule has 0 spiro atoms. The first-order valence-corrected chi connectivity index (χ1v) is 4.24. The van der Waals surface area contributed by atoms with Crippen LogP contribution in [-0.2, 0) is 6.18 Å². The van der Waals surface area contributed by atoms with Crippen molar-refractivity contribution in [2.45, 2.75) is 12.3 Å². The molecule has 0 saturated carbocycles. The predicted molar refractivity (Wildman–Crippen MR) is 48.6 cm³/mol. The lowest BCUT2D eigenvalue weighted by Crippen LogP contribution is -2.28. The van der Waals surface area contributed by atoms with Crippen LogP contribution in [0.2, 0.25) is 0 Å². The van der Waals surface area contributed by atoms with Gasteiger partial charge >= 0.3 is 6.18 Å². The maximum atomic E-state index is 12.5. The molecule has 6 heteroatoms. The summed E-state index contributed by atoms with van der Waals surface area (Å²) in [6, 6.07) is 4.86. The van der Waals surface area contributed by atoms with Crippen LogP contribution in [0.25, 0.3) is 0 Å². The molecular formula is C9H11F3N2O. The van der Waals surface area contributed by atoms with Gasteiger partial charge in [-0.1, -0.05) is 18.2 Å². The molecule has 0 heterocycles. The average Bonchev–Trinajstić information content (AvgIpc) is 2.17. The van der Waals surface area contributed by atoms with E-state index in [1.165, 1.54) is 18.2 Å². The molecule has 1 atom stereocenters. The highest BCUT2D eigenvalue weighted by Crippen LogP contribution is 2.34. The van der Waals surface area contributed by atoms with Gasteiger partial charge in [0.05, 0.1) is 11.7 Å². The summed E-state index contributed by atoms with van der Waals surface area (Å²) in [5.41, 5.74) is 1.11. The van der Waals surface area contributed by atoms with Gasteiger partial charge in [-0.05, 0) is 11.6 Å². The molecule has 1 rings (SSSR count). The fourth-order valence-electron chi connectivity index (χ4n) is 1.27. The maximum absolute atomic E-state index is 12.5. The SMILES string of the molecule is NNCC(O)c1ccccc1C(F)(F)F. The fraction of sp³-hybridized carbons (Fsp3) is 0.333. The molecule has 0 aliphatic heterocycles. The highest BCUT2D eigenvalue weighted by atomic mass is 19.4. The van der Waals surface area contributed by atoms with E-state index in [0.717, 1.165) is 6.07 Å². The number of nitrogens with one attached hydrogen (secondary N) is 1. The molecule has 4 N–H and O–H groups in total. The molecule has 0 saturated heterocycles. The largest absolute Gasteiger partial charge is 0.416 e. The predicted octanol–water partition coefficient (Wildman–Crippen LogP) is 1.20. The summed E-state index contributed by atoms with van der Waals surface area (Å²) in [5.74, 6) is 4.93. The summed E-state index contributed by atoms with van der Waals surface area (Å²) in [5, 5.41) is 9.42. The van der Waals surface area contributed by atoms with E-state index >= 15 is 0 Å². The van der Waals surface area contributed by atoms with Gasteiger partial charge in [0.1, 0.15) is 0 Å². The molecule has 0 bridgehead atoms. The maximum Gasteiger partial charge on any atom is 0.416 e. The van der Waals surface area contributed by atoms with Gasteiger partial charge in [-0.2, -0.15) is 13.2 Å². The van der Waals surface area contributed by atoms with Crippen LogP contribution >= 0.6 is 0 Å². The third kappa shape index (κ3) is 2.92. The normalized spacial score (nSPS) is 13.9. The molecule has 0 aliphatic rings. The van der Waals surface area contributed by atoms with Gasteiger partial charge in [-0.15, -0.1) is 0 Å². The molecule has 3 nitrogen and oxygen atoms in total. The Bertz CT molecular complexity index is 327. The second-order valence-electron chi connectivity index (χ2n) is 3.01. The molecular weight excluding hydrogens is 209 g/mol. The van der Waals surface area contributed by atoms with Crippen molar-refractivity contribution in [1.82, 2.24) is 5.43 Å². The summed E-state index contributed by atoms with van der Waals surface area (Å²) in [6.45, 7) is -0.132. The Balaban J connectivity index is 3.06. The first kappa shape index (κ1) is 12.0. The summed E-state index contributed by atoms with van der Waals surface area (Å²) < 4.78 is 37.5. The third-order valence-electron chi connectivity index (χ3n) is 1.94. The van der Waals surface area contributed by atoms with Gasteiger partial charge in [0, 0.05) is 6.54 Å². The molecule has 1 aromatic carbocycles. The average molecular weight is 220 g/mol. The van der Waals surface area contributed by atoms with Crippen molar-refractivity contribution in [1.29, 1.82) is 0 Å². The first-order chi connectivity index (χ1) is 6.96. The third-order valence-corrected chi connectivity index (χ3v) is 1.94. The van der Waals surface area contributed by atoms with Crippen molar-refractivity contribution in [3.05, 3.63) is 35.4 Å². The van der Waals surface area contributed by atoms with E-state index in [1.807, 2.05) is 0 Å². The van der Waals surface area contributed by atoms with Gasteiger partial charge in [-0.3, -0.25) is 11.3 Å². The molecule has 0 fully saturated rings. The van der Waals surface area contributed by atoms with E-state index in [4.69, 9.17) is 5.84 Å². The smallest absolute Gasteiger partial charge is 0.387 e. The zero-order chi connectivity index (χ0) is 11.5. The number of hydrazine groups is 1. The van der Waals surface area contributed by atoms with Crippen LogP contribution in [0.5, 0.6) is 0 Å². The Morgan fingerprint density at radius 2 is 1.93 bits per heavy atom. The molecule has 0 radical (unpaired) electrons. The van der Waals surface area contributed by atoms with Crippen LogP contribution in [-0.4, -0.2) is 11.7 Å². The Morgan fingerprint density at radius 1 is 1.33 bits per heavy atom. The van der Waals surface area contributed by atoms with E-state index in [2.05, 4.69) is 5.43 Å². The van der Waals surface area contributed by atoms with Crippen LogP contribution in [0.1, 0.15) is 17.2 Å². The van der Waals surface area contributed by atoms with Crippen molar-refractivity contribution >= 4 is 0 Å². The minimum atomic E-state index is -4.47. The zero-order valence-corrected chi connectivity index (χ0v) is 7.75. The van der Waals surface area contributed by atoms with Crippen molar-refractivity contribution in [2.75, 3.05) is 6.54 Å². The molecule has 1 unspecified atom stereocenters. The zero-order valence-electron chi connectivity index (χ0n) is 7.75. The van der Waals surface area contributed by atoms with Crippen LogP contribution in [0, 0.1) is 0 Å². The van der Waals surface area contributed by atoms with Crippen LogP contribution in [0.3, 0.4) is 0 Å². The monoisotopic (exact) mass is 220 g/mol. The first-order valence-electron chi connectivity index (χ1n) is 4.24. The van der Waals surface area contributed by atoms with E-state index in [9.17, 15) is 18.3 Å². The number of aliphatic hydroxyl groups excluding tert-OH is 1. The van der Waals surface area contributed by atoms with E-state index in [1.54, 1.807) is 0 Å². The highest BCUT2D eigenvalue weighted by Gasteiger charge is 2.34. The second kappa shape index (κ2) is 4.61. The quantitative estimate of drug-likeness (QED) is 0.530. The number of rotatable bonds is 3. The van der Waals surface area contributed by atoms with Crippen molar-refractivity contribution in [3.8, 4) is 0 Å². The van der Waals surface area contributed by atoms with Crippen molar-refractivity contribution in [3.63, 3.8) is 0 Å². The topological polar surface area (TPSA) is 58.3 Å². The Labute approximate surface area is 84.7 Å². The van der Waals surface area contributed by atoms with Crippen molar-refractivity contribution in [2.24, 2.45) is 5.84 Å². The molecule has 1 aromatic rings. The van der Waals surface area contributed by atoms with E-state index in [0.29, 0.717) is 0 Å². The Kier molecular flexibility index (Phi) is 3.67. The number of nitrogens with two attached hydrogens (primary N) is 1. The molecule has 84 valence electrons. The van der Waals surface area contributed by atoms with Crippen molar-refractivity contribution < 1.29 is 18.3 Å². The van der Waals surface area contributed by atoms with Crippen LogP contribution in [0.15, 0.2) is 24.3 Å². The molecule has 0 aliphatic carbocycles. The Morgan fingerprint density at radius 3 is 2.47 bits per heavy atom. The van der Waals surface area contributed by atoms with Gasteiger partial charge in [0.25, 0.3) is 0 Å². The highest BCUT2D eigenvalue weighted by molar-refractivity contribution is 5.31. The minimum absolute atomic E-state index is 0.132. The summed E-state index contributed by atoms with van der Waals surface area (Å²) in [6.07, 6.45) is -5.74. The lowest BCUT2D eigenvalue weighted by Gasteiger charge is -2.16. The number of aliphatic hydroxyl groups is 1. The van der Waals surface area contributed by atoms with Gasteiger partial charge in [0.2, 0.25) is 0 Å².